The standard InChI is InChI=1S/C13H10O2.C11H18N2O2.C10H8N2S/c14-10-11-6-8-13(9-7-11)15-12-4-2-1-3-5-12;1-7-10-11(7,2)4-8(6-14)13(10)9(15)5-12-3;1-12-8-2-3-9-7(5-11)6-13-10(9)4-8/h1-10H;6-8,10,12H,4-5H2,1-3H3;2-4,6,12H,1H3/t;7?,8?,10?,11-;/m.1./s1. The van der Waals surface area contributed by atoms with Gasteiger partial charge in [0.05, 0.1) is 18.2 Å². The number of ether oxygens (including phenoxy) is 1. The molecule has 0 spiro atoms. The summed E-state index contributed by atoms with van der Waals surface area (Å²) in [6.07, 6.45) is 2.56. The Morgan fingerprint density at radius 3 is 2.40 bits per heavy atom. The average molecular weight is 597 g/mol. The molecular formula is C34H36N4O4S. The molecule has 3 aromatic carbocycles. The fourth-order valence-corrected chi connectivity index (χ4v) is 6.52. The lowest BCUT2D eigenvalue weighted by atomic mass is 9.99. The molecule has 6 rings (SSSR count). The molecule has 4 atom stereocenters. The minimum absolute atomic E-state index is 0.0488. The number of benzene rings is 3. The van der Waals surface area contributed by atoms with Crippen LogP contribution in [0.2, 0.25) is 0 Å². The van der Waals surface area contributed by atoms with Crippen LogP contribution >= 0.6 is 11.3 Å². The number of rotatable bonds is 7. The van der Waals surface area contributed by atoms with Crippen molar-refractivity contribution >= 4 is 45.6 Å². The molecule has 222 valence electrons. The lowest BCUT2D eigenvalue weighted by Crippen LogP contribution is -2.44. The maximum absolute atomic E-state index is 11.8. The maximum Gasteiger partial charge on any atom is 0.237 e. The largest absolute Gasteiger partial charge is 0.457 e. The molecule has 4 aromatic rings. The van der Waals surface area contributed by atoms with E-state index < -0.39 is 0 Å². The third kappa shape index (κ3) is 7.11. The lowest BCUT2D eigenvalue weighted by Gasteiger charge is -2.24. The number of fused-ring (bicyclic) bond motifs is 2. The normalized spacial score (nSPS) is 21.2. The van der Waals surface area contributed by atoms with Crippen LogP contribution in [0.4, 0.5) is 5.69 Å². The highest BCUT2D eigenvalue weighted by molar-refractivity contribution is 7.17. The SMILES string of the molecule is CNCC(=O)N1C(C=O)C[C@]2(C)C(C)C12.CNc1ccc2c(C#N)csc2c1.O=Cc1ccc(Oc2ccccc2)cc1. The van der Waals surface area contributed by atoms with E-state index in [1.54, 1.807) is 47.5 Å². The minimum atomic E-state index is -0.197. The number of nitriles is 1. The number of nitrogens with zero attached hydrogens (tertiary/aromatic N) is 2. The summed E-state index contributed by atoms with van der Waals surface area (Å²) in [5.74, 6) is 2.10. The first kappa shape index (κ1) is 31.4. The van der Waals surface area contributed by atoms with Crippen LogP contribution in [0.25, 0.3) is 10.1 Å². The van der Waals surface area contributed by atoms with Crippen molar-refractivity contribution in [1.29, 1.82) is 5.26 Å². The maximum atomic E-state index is 11.8. The van der Waals surface area contributed by atoms with Crippen LogP contribution < -0.4 is 15.4 Å². The number of piperidine rings is 1. The van der Waals surface area contributed by atoms with Crippen molar-refractivity contribution in [2.24, 2.45) is 11.3 Å². The molecule has 0 bridgehead atoms. The predicted octanol–water partition coefficient (Wildman–Crippen LogP) is 6.14. The van der Waals surface area contributed by atoms with Crippen molar-refractivity contribution in [3.05, 3.63) is 89.3 Å². The van der Waals surface area contributed by atoms with Crippen molar-refractivity contribution in [3.63, 3.8) is 0 Å². The molecule has 9 heteroatoms. The summed E-state index contributed by atoms with van der Waals surface area (Å²) in [6.45, 7) is 4.65. The van der Waals surface area contributed by atoms with Gasteiger partial charge in [-0.25, -0.2) is 0 Å². The molecule has 1 saturated carbocycles. The lowest BCUT2D eigenvalue weighted by molar-refractivity contribution is -0.135. The van der Waals surface area contributed by atoms with E-state index in [1.165, 1.54) is 0 Å². The van der Waals surface area contributed by atoms with E-state index in [0.717, 1.165) is 51.8 Å². The van der Waals surface area contributed by atoms with Gasteiger partial charge >= 0.3 is 0 Å². The first-order valence-corrected chi connectivity index (χ1v) is 15.0. The van der Waals surface area contributed by atoms with E-state index in [2.05, 4.69) is 36.6 Å². The number of likely N-dealkylation sites (tertiary alicyclic amines) is 1. The Hall–Kier alpha value is -4.52. The summed E-state index contributed by atoms with van der Waals surface area (Å²) < 4.78 is 6.72. The van der Waals surface area contributed by atoms with Gasteiger partial charge in [0.15, 0.2) is 0 Å². The molecule has 1 amide bonds. The fourth-order valence-electron chi connectivity index (χ4n) is 5.59. The summed E-state index contributed by atoms with van der Waals surface area (Å²) in [4.78, 5) is 35.0. The number of amides is 1. The molecule has 2 N–H and O–H groups in total. The zero-order chi connectivity index (χ0) is 31.0. The fraction of sp³-hybridized carbons (Fsp3) is 0.294. The third-order valence-corrected chi connectivity index (χ3v) is 9.08. The van der Waals surface area contributed by atoms with E-state index in [-0.39, 0.29) is 23.4 Å². The molecule has 0 radical (unpaired) electrons. The van der Waals surface area contributed by atoms with Gasteiger partial charge in [0.25, 0.3) is 0 Å². The Labute approximate surface area is 256 Å². The van der Waals surface area contributed by atoms with Crippen LogP contribution in [0.1, 0.15) is 36.2 Å². The molecule has 1 aliphatic carbocycles. The first-order valence-electron chi connectivity index (χ1n) is 14.1. The van der Waals surface area contributed by atoms with E-state index in [1.807, 2.05) is 54.9 Å². The van der Waals surface area contributed by atoms with E-state index >= 15 is 0 Å². The molecule has 1 aromatic heterocycles. The summed E-state index contributed by atoms with van der Waals surface area (Å²) >= 11 is 1.61. The van der Waals surface area contributed by atoms with Crippen molar-refractivity contribution in [1.82, 2.24) is 10.2 Å². The number of carbonyl (C=O) groups is 3. The first-order chi connectivity index (χ1) is 20.8. The summed E-state index contributed by atoms with van der Waals surface area (Å²) in [7, 11) is 3.64. The van der Waals surface area contributed by atoms with Crippen molar-refractivity contribution < 1.29 is 19.1 Å². The van der Waals surface area contributed by atoms with E-state index in [9.17, 15) is 14.4 Å². The van der Waals surface area contributed by atoms with Gasteiger partial charge in [0.2, 0.25) is 5.91 Å². The van der Waals surface area contributed by atoms with Crippen LogP contribution in [0.15, 0.2) is 78.2 Å². The highest BCUT2D eigenvalue weighted by Gasteiger charge is 2.68. The Morgan fingerprint density at radius 1 is 1.09 bits per heavy atom. The van der Waals surface area contributed by atoms with Crippen LogP contribution in [0, 0.1) is 22.7 Å². The van der Waals surface area contributed by atoms with E-state index in [4.69, 9.17) is 10.00 Å². The summed E-state index contributed by atoms with van der Waals surface area (Å²) in [6, 6.07) is 24.8. The molecule has 8 nitrogen and oxygen atoms in total. The van der Waals surface area contributed by atoms with Gasteiger partial charge in [-0.05, 0) is 73.3 Å². The Bertz CT molecular complexity index is 1600. The zero-order valence-electron chi connectivity index (χ0n) is 24.7. The summed E-state index contributed by atoms with van der Waals surface area (Å²) in [5.41, 5.74) is 2.69. The number of likely N-dealkylation sites (N-methyl/N-ethyl adjacent to an activating group) is 1. The number of carbonyl (C=O) groups excluding carboxylic acids is 3. The number of nitrogens with one attached hydrogen (secondary N) is 2. The molecule has 2 fully saturated rings. The monoisotopic (exact) mass is 596 g/mol. The number of thiophene rings is 1. The zero-order valence-corrected chi connectivity index (χ0v) is 25.6. The number of hydrogen-bond acceptors (Lipinski definition) is 8. The topological polar surface area (TPSA) is 112 Å². The number of para-hydroxylation sites is 1. The Balaban J connectivity index is 0.000000148. The second-order valence-corrected chi connectivity index (χ2v) is 11.7. The molecule has 2 heterocycles. The van der Waals surface area contributed by atoms with Gasteiger partial charge in [-0.3, -0.25) is 9.59 Å². The van der Waals surface area contributed by atoms with E-state index in [0.29, 0.717) is 18.0 Å². The van der Waals surface area contributed by atoms with Crippen LogP contribution in [-0.2, 0) is 9.59 Å². The van der Waals surface area contributed by atoms with Gasteiger partial charge < -0.3 is 25.1 Å². The number of hydrogen-bond donors (Lipinski definition) is 2. The van der Waals surface area contributed by atoms with Gasteiger partial charge in [0.1, 0.15) is 30.1 Å². The Morgan fingerprint density at radius 2 is 1.79 bits per heavy atom. The average Bonchev–Trinajstić information content (AvgIpc) is 3.33. The van der Waals surface area contributed by atoms with Crippen molar-refractivity contribution in [3.8, 4) is 17.6 Å². The summed E-state index contributed by atoms with van der Waals surface area (Å²) in [5, 5.41) is 17.7. The second-order valence-electron chi connectivity index (χ2n) is 10.8. The molecule has 43 heavy (non-hydrogen) atoms. The van der Waals surface area contributed by atoms with Gasteiger partial charge in [0, 0.05) is 39.8 Å². The highest BCUT2D eigenvalue weighted by atomic mass is 32.1. The van der Waals surface area contributed by atoms with Gasteiger partial charge in [-0.15, -0.1) is 11.3 Å². The predicted molar refractivity (Wildman–Crippen MR) is 171 cm³/mol. The molecule has 1 saturated heterocycles. The second kappa shape index (κ2) is 14.1. The van der Waals surface area contributed by atoms with Crippen LogP contribution in [0.5, 0.6) is 11.5 Å². The molecule has 1 aliphatic heterocycles. The van der Waals surface area contributed by atoms with Crippen LogP contribution in [-0.4, -0.2) is 56.1 Å². The van der Waals surface area contributed by atoms with Crippen molar-refractivity contribution in [2.75, 3.05) is 26.0 Å². The third-order valence-electron chi connectivity index (χ3n) is 8.14. The molecule has 2 aliphatic rings. The number of aldehydes is 2. The quantitative estimate of drug-likeness (QED) is 0.247. The van der Waals surface area contributed by atoms with Crippen molar-refractivity contribution in [2.45, 2.75) is 32.4 Å². The highest BCUT2D eigenvalue weighted by Crippen LogP contribution is 2.63. The van der Waals surface area contributed by atoms with Gasteiger partial charge in [-0.2, -0.15) is 5.26 Å². The number of anilines is 1. The van der Waals surface area contributed by atoms with Gasteiger partial charge in [-0.1, -0.05) is 38.1 Å². The van der Waals surface area contributed by atoms with Crippen LogP contribution in [0.3, 0.4) is 0 Å². The smallest absolute Gasteiger partial charge is 0.237 e. The minimum Gasteiger partial charge on any atom is -0.457 e. The Kier molecular flexibility index (Phi) is 10.3. The molecular weight excluding hydrogens is 560 g/mol. The molecule has 3 unspecified atom stereocenters.